The quantitative estimate of drug-likeness (QED) is 0.549. The largest absolute Gasteiger partial charge is 0.417 e. The third-order valence-electron chi connectivity index (χ3n) is 2.99. The zero-order valence-electron chi connectivity index (χ0n) is 10.8. The summed E-state index contributed by atoms with van der Waals surface area (Å²) in [4.78, 5) is 10.6. The van der Waals surface area contributed by atoms with E-state index in [9.17, 15) is 31.1 Å². The van der Waals surface area contributed by atoms with E-state index in [2.05, 4.69) is 0 Å². The maximum Gasteiger partial charge on any atom is 0.417 e. The van der Waals surface area contributed by atoms with Crippen LogP contribution in [0.5, 0.6) is 0 Å². The second-order valence-electron chi connectivity index (χ2n) is 4.50. The fraction of sp³-hybridized carbons (Fsp3) is 0.133. The molecule has 116 valence electrons. The number of hydrogen-bond acceptors (Lipinski definition) is 1. The van der Waals surface area contributed by atoms with Gasteiger partial charge in [-0.2, -0.15) is 26.3 Å². The fourth-order valence-electron chi connectivity index (χ4n) is 1.98. The molecule has 22 heavy (non-hydrogen) atoms. The Balaban J connectivity index is 2.65. The van der Waals surface area contributed by atoms with E-state index < -0.39 is 29.0 Å². The molecule has 0 aliphatic rings. The van der Waals surface area contributed by atoms with E-state index in [0.717, 1.165) is 30.3 Å². The van der Waals surface area contributed by atoms with Gasteiger partial charge in [-0.1, -0.05) is 24.3 Å². The zero-order valence-corrected chi connectivity index (χ0v) is 10.8. The highest BCUT2D eigenvalue weighted by molar-refractivity contribution is 5.79. The lowest BCUT2D eigenvalue weighted by molar-refractivity contribution is -0.137. The first kappa shape index (κ1) is 16.1. The topological polar surface area (TPSA) is 17.1 Å². The van der Waals surface area contributed by atoms with Gasteiger partial charge in [0, 0.05) is 5.56 Å². The first-order valence-corrected chi connectivity index (χ1v) is 5.97. The predicted molar refractivity (Wildman–Crippen MR) is 67.3 cm³/mol. The van der Waals surface area contributed by atoms with Crippen LogP contribution in [0, 0.1) is 0 Å². The van der Waals surface area contributed by atoms with Crippen molar-refractivity contribution in [2.75, 3.05) is 0 Å². The van der Waals surface area contributed by atoms with E-state index in [1.807, 2.05) is 0 Å². The average molecular weight is 318 g/mol. The number of hydrogen-bond donors (Lipinski definition) is 0. The normalized spacial score (nSPS) is 12.3. The van der Waals surface area contributed by atoms with Crippen LogP contribution in [0.2, 0.25) is 0 Å². The molecule has 0 aliphatic heterocycles. The monoisotopic (exact) mass is 318 g/mol. The van der Waals surface area contributed by atoms with Crippen LogP contribution in [-0.2, 0) is 12.4 Å². The number of halogens is 6. The highest BCUT2D eigenvalue weighted by atomic mass is 19.4. The number of benzene rings is 2. The molecule has 0 spiro atoms. The summed E-state index contributed by atoms with van der Waals surface area (Å²) in [7, 11) is 0. The molecule has 0 unspecified atom stereocenters. The molecule has 2 rings (SSSR count). The van der Waals surface area contributed by atoms with E-state index in [-0.39, 0.29) is 17.4 Å². The Labute approximate surface area is 121 Å². The van der Waals surface area contributed by atoms with Gasteiger partial charge in [0.1, 0.15) is 6.29 Å². The first-order chi connectivity index (χ1) is 10.1. The molecule has 0 amide bonds. The summed E-state index contributed by atoms with van der Waals surface area (Å²) in [5.41, 5.74) is -3.04. The van der Waals surface area contributed by atoms with Gasteiger partial charge in [-0.05, 0) is 29.3 Å². The van der Waals surface area contributed by atoms with Crippen molar-refractivity contribution >= 4 is 6.29 Å². The highest BCUT2D eigenvalue weighted by Gasteiger charge is 2.35. The van der Waals surface area contributed by atoms with Crippen LogP contribution < -0.4 is 0 Å². The van der Waals surface area contributed by atoms with Crippen LogP contribution in [0.15, 0.2) is 42.5 Å². The van der Waals surface area contributed by atoms with Gasteiger partial charge >= 0.3 is 12.4 Å². The van der Waals surface area contributed by atoms with Crippen molar-refractivity contribution in [2.24, 2.45) is 0 Å². The van der Waals surface area contributed by atoms with Gasteiger partial charge in [-0.15, -0.1) is 0 Å². The molecule has 0 radical (unpaired) electrons. The third kappa shape index (κ3) is 3.29. The summed E-state index contributed by atoms with van der Waals surface area (Å²) in [6.45, 7) is 0. The summed E-state index contributed by atoms with van der Waals surface area (Å²) in [5, 5.41) is 0. The summed E-state index contributed by atoms with van der Waals surface area (Å²) < 4.78 is 77.1. The highest BCUT2D eigenvalue weighted by Crippen LogP contribution is 2.39. The maximum atomic E-state index is 13.0. The molecule has 7 heteroatoms. The second-order valence-corrected chi connectivity index (χ2v) is 4.50. The van der Waals surface area contributed by atoms with Gasteiger partial charge < -0.3 is 0 Å². The molecule has 1 nitrogen and oxygen atoms in total. The standard InChI is InChI=1S/C15H8F6O/c16-14(17,18)11-3-1-2-10(7-11)12-5-4-9(8-22)6-13(12)15(19,20)21/h1-8H. The molecular weight excluding hydrogens is 310 g/mol. The third-order valence-corrected chi connectivity index (χ3v) is 2.99. The Morgan fingerprint density at radius 3 is 2.05 bits per heavy atom. The SMILES string of the molecule is O=Cc1ccc(-c2cccc(C(F)(F)F)c2)c(C(F)(F)F)c1. The molecule has 2 aromatic carbocycles. The van der Waals surface area contributed by atoms with Gasteiger partial charge in [-0.3, -0.25) is 4.79 Å². The van der Waals surface area contributed by atoms with Crippen LogP contribution in [0.25, 0.3) is 11.1 Å². The first-order valence-electron chi connectivity index (χ1n) is 5.97. The Kier molecular flexibility index (Phi) is 4.00. The summed E-state index contributed by atoms with van der Waals surface area (Å²) >= 11 is 0. The van der Waals surface area contributed by atoms with Gasteiger partial charge in [0.05, 0.1) is 11.1 Å². The minimum Gasteiger partial charge on any atom is -0.298 e. The molecule has 0 heterocycles. The van der Waals surface area contributed by atoms with Gasteiger partial charge in [0.15, 0.2) is 0 Å². The molecular formula is C15H8F6O. The van der Waals surface area contributed by atoms with Crippen LogP contribution in [0.4, 0.5) is 26.3 Å². The second kappa shape index (κ2) is 5.47. The van der Waals surface area contributed by atoms with E-state index in [0.29, 0.717) is 12.1 Å². The number of alkyl halides is 6. The number of aldehydes is 1. The molecule has 0 bridgehead atoms. The lowest BCUT2D eigenvalue weighted by Gasteiger charge is -2.15. The Morgan fingerprint density at radius 2 is 1.50 bits per heavy atom. The van der Waals surface area contributed by atoms with Gasteiger partial charge in [0.25, 0.3) is 0 Å². The molecule has 0 N–H and O–H groups in total. The molecule has 0 atom stereocenters. The maximum absolute atomic E-state index is 13.0. The van der Waals surface area contributed by atoms with E-state index in [1.54, 1.807) is 0 Å². The van der Waals surface area contributed by atoms with Crippen molar-refractivity contribution in [2.45, 2.75) is 12.4 Å². The van der Waals surface area contributed by atoms with Gasteiger partial charge in [0.2, 0.25) is 0 Å². The number of rotatable bonds is 2. The zero-order chi connectivity index (χ0) is 16.5. The molecule has 0 aromatic heterocycles. The minimum atomic E-state index is -4.79. The molecule has 0 aliphatic carbocycles. The number of carbonyl (C=O) groups excluding carboxylic acids is 1. The predicted octanol–water partition coefficient (Wildman–Crippen LogP) is 5.20. The van der Waals surface area contributed by atoms with Crippen LogP contribution in [0.3, 0.4) is 0 Å². The lowest BCUT2D eigenvalue weighted by atomic mass is 9.96. The smallest absolute Gasteiger partial charge is 0.298 e. The average Bonchev–Trinajstić information content (AvgIpc) is 2.45. The molecule has 2 aromatic rings. The van der Waals surface area contributed by atoms with E-state index in [1.165, 1.54) is 0 Å². The van der Waals surface area contributed by atoms with Crippen LogP contribution in [-0.4, -0.2) is 6.29 Å². The van der Waals surface area contributed by atoms with Crippen molar-refractivity contribution in [1.29, 1.82) is 0 Å². The van der Waals surface area contributed by atoms with Crippen LogP contribution >= 0.6 is 0 Å². The van der Waals surface area contributed by atoms with Crippen LogP contribution in [0.1, 0.15) is 21.5 Å². The van der Waals surface area contributed by atoms with Crippen molar-refractivity contribution < 1.29 is 31.1 Å². The van der Waals surface area contributed by atoms with Crippen molar-refractivity contribution in [3.8, 4) is 11.1 Å². The van der Waals surface area contributed by atoms with Crippen molar-refractivity contribution in [3.05, 3.63) is 59.2 Å². The Morgan fingerprint density at radius 1 is 0.818 bits per heavy atom. The molecule has 0 fully saturated rings. The Bertz CT molecular complexity index is 700. The van der Waals surface area contributed by atoms with Gasteiger partial charge in [-0.25, -0.2) is 0 Å². The summed E-state index contributed by atoms with van der Waals surface area (Å²) in [6, 6.07) is 6.33. The van der Waals surface area contributed by atoms with E-state index in [4.69, 9.17) is 0 Å². The summed E-state index contributed by atoms with van der Waals surface area (Å²) in [6.07, 6.45) is -9.20. The minimum absolute atomic E-state index is 0.206. The Hall–Kier alpha value is -2.31. The van der Waals surface area contributed by atoms with Crippen molar-refractivity contribution in [1.82, 2.24) is 0 Å². The lowest BCUT2D eigenvalue weighted by Crippen LogP contribution is -2.09. The fourth-order valence-corrected chi connectivity index (χ4v) is 1.98. The van der Waals surface area contributed by atoms with E-state index >= 15 is 0 Å². The van der Waals surface area contributed by atoms with Crippen molar-refractivity contribution in [3.63, 3.8) is 0 Å². The molecule has 0 saturated carbocycles. The summed E-state index contributed by atoms with van der Waals surface area (Å²) in [5.74, 6) is 0. The number of carbonyl (C=O) groups is 1. The molecule has 0 saturated heterocycles.